The number of nitrogens with zero attached hydrogens (tertiary/aromatic N) is 4. The summed E-state index contributed by atoms with van der Waals surface area (Å²) in [4.78, 5) is 19.4. The van der Waals surface area contributed by atoms with Gasteiger partial charge in [-0.15, -0.1) is 0 Å². The van der Waals surface area contributed by atoms with E-state index in [1.165, 1.54) is 34.9 Å². The Bertz CT molecular complexity index is 843. The van der Waals surface area contributed by atoms with E-state index in [0.717, 1.165) is 31.5 Å². The van der Waals surface area contributed by atoms with Crippen LogP contribution < -0.4 is 0 Å². The molecule has 0 bridgehead atoms. The highest BCUT2D eigenvalue weighted by molar-refractivity contribution is 8.00. The molecular formula is C18H19FN4O3S. The maximum atomic E-state index is 13.5. The molecule has 3 aliphatic heterocycles. The lowest BCUT2D eigenvalue weighted by atomic mass is 9.96. The molecule has 5 rings (SSSR count). The number of benzene rings is 1. The summed E-state index contributed by atoms with van der Waals surface area (Å²) in [5.74, 6) is -0.858. The lowest BCUT2D eigenvalue weighted by molar-refractivity contribution is -0.187. The number of ether oxygens (including phenoxy) is 2. The van der Waals surface area contributed by atoms with Gasteiger partial charge in [-0.1, -0.05) is 23.9 Å². The zero-order chi connectivity index (χ0) is 18.4. The van der Waals surface area contributed by atoms with E-state index in [0.29, 0.717) is 18.4 Å². The SMILES string of the molecule is O=C1C(C(c2ccc(F)cc2)N2CCC3(CC2)OCCO3)Sc2ncnn21. The van der Waals surface area contributed by atoms with E-state index in [2.05, 4.69) is 15.0 Å². The lowest BCUT2D eigenvalue weighted by Crippen LogP contribution is -2.49. The maximum Gasteiger partial charge on any atom is 0.264 e. The number of piperidine rings is 1. The van der Waals surface area contributed by atoms with Crippen LogP contribution in [0, 0.1) is 5.82 Å². The van der Waals surface area contributed by atoms with Crippen LogP contribution in [0.5, 0.6) is 0 Å². The van der Waals surface area contributed by atoms with Gasteiger partial charge in [-0.2, -0.15) is 9.78 Å². The zero-order valence-electron chi connectivity index (χ0n) is 14.6. The van der Waals surface area contributed by atoms with E-state index in [-0.39, 0.29) is 23.0 Å². The summed E-state index contributed by atoms with van der Waals surface area (Å²) in [6, 6.07) is 6.21. The molecule has 0 amide bonds. The minimum Gasteiger partial charge on any atom is -0.347 e. The minimum atomic E-state index is -0.481. The van der Waals surface area contributed by atoms with Gasteiger partial charge in [0.05, 0.1) is 19.3 Å². The number of thioether (sulfide) groups is 1. The molecule has 2 unspecified atom stereocenters. The van der Waals surface area contributed by atoms with Crippen molar-refractivity contribution >= 4 is 17.7 Å². The number of carbonyl (C=O) groups excluding carboxylic acids is 1. The number of hydrogen-bond acceptors (Lipinski definition) is 7. The van der Waals surface area contributed by atoms with E-state index in [1.807, 2.05) is 0 Å². The average Bonchev–Trinajstić information content (AvgIpc) is 3.39. The first kappa shape index (κ1) is 17.3. The van der Waals surface area contributed by atoms with E-state index in [9.17, 15) is 9.18 Å². The van der Waals surface area contributed by atoms with Gasteiger partial charge in [0, 0.05) is 25.9 Å². The van der Waals surface area contributed by atoms with Crippen LogP contribution in [0.2, 0.25) is 0 Å². The molecule has 9 heteroatoms. The predicted molar refractivity (Wildman–Crippen MR) is 94.9 cm³/mol. The monoisotopic (exact) mass is 390 g/mol. The largest absolute Gasteiger partial charge is 0.347 e. The molecule has 1 aromatic heterocycles. The van der Waals surface area contributed by atoms with Crippen LogP contribution in [-0.2, 0) is 9.47 Å². The summed E-state index contributed by atoms with van der Waals surface area (Å²) in [5, 5.41) is 4.27. The van der Waals surface area contributed by atoms with Crippen molar-refractivity contribution in [2.75, 3.05) is 26.3 Å². The number of likely N-dealkylation sites (tertiary alicyclic amines) is 1. The molecule has 27 heavy (non-hydrogen) atoms. The van der Waals surface area contributed by atoms with Crippen molar-refractivity contribution in [2.24, 2.45) is 0 Å². The van der Waals surface area contributed by atoms with Gasteiger partial charge in [-0.25, -0.2) is 9.37 Å². The average molecular weight is 390 g/mol. The molecular weight excluding hydrogens is 371 g/mol. The third-order valence-corrected chi connectivity index (χ3v) is 6.67. The predicted octanol–water partition coefficient (Wildman–Crippen LogP) is 2.11. The molecule has 3 aliphatic rings. The Labute approximate surface area is 159 Å². The molecule has 2 saturated heterocycles. The Morgan fingerprint density at radius 3 is 2.56 bits per heavy atom. The summed E-state index contributed by atoms with van der Waals surface area (Å²) in [6.07, 6.45) is 2.89. The molecule has 2 fully saturated rings. The van der Waals surface area contributed by atoms with Gasteiger partial charge in [-0.3, -0.25) is 9.69 Å². The normalized spacial score (nSPS) is 25.8. The quantitative estimate of drug-likeness (QED) is 0.795. The van der Waals surface area contributed by atoms with Crippen LogP contribution >= 0.6 is 11.8 Å². The molecule has 142 valence electrons. The van der Waals surface area contributed by atoms with Crippen molar-refractivity contribution in [3.05, 3.63) is 42.0 Å². The minimum absolute atomic E-state index is 0.0875. The van der Waals surface area contributed by atoms with Gasteiger partial charge in [-0.05, 0) is 17.7 Å². The molecule has 2 aromatic rings. The number of rotatable bonds is 3. The highest BCUT2D eigenvalue weighted by Gasteiger charge is 2.46. The standard InChI is InChI=1S/C18H19FN4O3S/c19-13-3-1-12(2-4-13)14(15-16(24)23-17(27-15)20-11-21-23)22-7-5-18(6-8-22)25-9-10-26-18/h1-4,11,14-15H,5-10H2. The molecule has 4 heterocycles. The third-order valence-electron chi connectivity index (χ3n) is 5.47. The van der Waals surface area contributed by atoms with E-state index in [1.54, 1.807) is 12.1 Å². The topological polar surface area (TPSA) is 69.5 Å². The van der Waals surface area contributed by atoms with Gasteiger partial charge in [0.15, 0.2) is 10.9 Å². The van der Waals surface area contributed by atoms with E-state index < -0.39 is 5.79 Å². The van der Waals surface area contributed by atoms with Gasteiger partial charge in [0.2, 0.25) is 0 Å². The van der Waals surface area contributed by atoms with Crippen molar-refractivity contribution in [3.63, 3.8) is 0 Å². The van der Waals surface area contributed by atoms with Crippen molar-refractivity contribution in [3.8, 4) is 0 Å². The summed E-state index contributed by atoms with van der Waals surface area (Å²) < 4.78 is 26.5. The van der Waals surface area contributed by atoms with Crippen molar-refractivity contribution in [2.45, 2.75) is 35.1 Å². The number of halogens is 1. The molecule has 0 radical (unpaired) electrons. The first-order chi connectivity index (χ1) is 13.2. The number of hydrogen-bond donors (Lipinski definition) is 0. The summed E-state index contributed by atoms with van der Waals surface area (Å²) >= 11 is 1.42. The number of fused-ring (bicyclic) bond motifs is 1. The third kappa shape index (κ3) is 2.98. The Balaban J connectivity index is 1.43. The van der Waals surface area contributed by atoms with Gasteiger partial charge in [0.25, 0.3) is 5.91 Å². The van der Waals surface area contributed by atoms with Gasteiger partial charge < -0.3 is 9.47 Å². The number of carbonyl (C=O) groups is 1. The van der Waals surface area contributed by atoms with Crippen LogP contribution in [-0.4, -0.2) is 62.9 Å². The molecule has 0 N–H and O–H groups in total. The Morgan fingerprint density at radius 1 is 1.19 bits per heavy atom. The van der Waals surface area contributed by atoms with E-state index >= 15 is 0 Å². The van der Waals surface area contributed by atoms with Crippen molar-refractivity contribution in [1.82, 2.24) is 19.7 Å². The first-order valence-electron chi connectivity index (χ1n) is 9.04. The highest BCUT2D eigenvalue weighted by atomic mass is 32.2. The number of aromatic nitrogens is 3. The first-order valence-corrected chi connectivity index (χ1v) is 9.92. The van der Waals surface area contributed by atoms with Crippen molar-refractivity contribution < 1.29 is 18.7 Å². The molecule has 1 aromatic carbocycles. The van der Waals surface area contributed by atoms with Crippen LogP contribution in [0.1, 0.15) is 29.2 Å². The fourth-order valence-corrected chi connectivity index (χ4v) is 5.34. The molecule has 0 saturated carbocycles. The van der Waals surface area contributed by atoms with Gasteiger partial charge >= 0.3 is 0 Å². The fraction of sp³-hybridized carbons (Fsp3) is 0.500. The lowest BCUT2D eigenvalue weighted by Gasteiger charge is -2.42. The molecule has 1 spiro atoms. The highest BCUT2D eigenvalue weighted by Crippen LogP contribution is 2.43. The molecule has 0 aliphatic carbocycles. The Hall–Kier alpha value is -1.81. The van der Waals surface area contributed by atoms with Crippen LogP contribution in [0.15, 0.2) is 35.7 Å². The molecule has 2 atom stereocenters. The summed E-state index contributed by atoms with van der Waals surface area (Å²) in [6.45, 7) is 2.74. The van der Waals surface area contributed by atoms with Crippen LogP contribution in [0.4, 0.5) is 4.39 Å². The van der Waals surface area contributed by atoms with Gasteiger partial charge in [0.1, 0.15) is 17.4 Å². The fourth-order valence-electron chi connectivity index (χ4n) is 4.11. The second-order valence-corrected chi connectivity index (χ2v) is 8.08. The Kier molecular flexibility index (Phi) is 4.27. The van der Waals surface area contributed by atoms with Crippen LogP contribution in [0.3, 0.4) is 0 Å². The Morgan fingerprint density at radius 2 is 1.89 bits per heavy atom. The van der Waals surface area contributed by atoms with Crippen molar-refractivity contribution in [1.29, 1.82) is 0 Å². The van der Waals surface area contributed by atoms with Crippen LogP contribution in [0.25, 0.3) is 0 Å². The second-order valence-electron chi connectivity index (χ2n) is 6.97. The van der Waals surface area contributed by atoms with E-state index in [4.69, 9.17) is 9.47 Å². The molecule has 7 nitrogen and oxygen atoms in total. The zero-order valence-corrected chi connectivity index (χ0v) is 15.4. The summed E-state index contributed by atoms with van der Waals surface area (Å²) in [5.41, 5.74) is 0.914. The summed E-state index contributed by atoms with van der Waals surface area (Å²) in [7, 11) is 0. The second kappa shape index (κ2) is 6.66. The maximum absolute atomic E-state index is 13.5. The smallest absolute Gasteiger partial charge is 0.264 e.